The van der Waals surface area contributed by atoms with Crippen LogP contribution in [0.5, 0.6) is 5.75 Å². The summed E-state index contributed by atoms with van der Waals surface area (Å²) in [5.74, 6) is 0.0815. The first-order valence-electron chi connectivity index (χ1n) is 9.75. The van der Waals surface area contributed by atoms with E-state index in [0.717, 1.165) is 35.0 Å². The molecule has 0 unspecified atom stereocenters. The second kappa shape index (κ2) is 9.68. The van der Waals surface area contributed by atoms with Crippen molar-refractivity contribution in [1.82, 2.24) is 4.72 Å². The molecule has 2 aromatic carbocycles. The number of hydrogen-bond donors (Lipinski definition) is 1. The number of halogens is 2. The SMILES string of the molecule is CCCCNS(=O)(=O)c1ccc(OCC(=O)N2c3ccc(Br)cc3C[C@H]2C)c(Cl)c1. The van der Waals surface area contributed by atoms with E-state index in [-0.39, 0.29) is 34.2 Å². The maximum atomic E-state index is 12.8. The van der Waals surface area contributed by atoms with Gasteiger partial charge in [-0.25, -0.2) is 13.1 Å². The van der Waals surface area contributed by atoms with Crippen molar-refractivity contribution < 1.29 is 17.9 Å². The average Bonchev–Trinajstić information content (AvgIpc) is 3.01. The number of rotatable bonds is 8. The molecule has 30 heavy (non-hydrogen) atoms. The smallest absolute Gasteiger partial charge is 0.265 e. The van der Waals surface area contributed by atoms with Gasteiger partial charge in [-0.05, 0) is 61.7 Å². The van der Waals surface area contributed by atoms with Gasteiger partial charge in [0.15, 0.2) is 6.61 Å². The van der Waals surface area contributed by atoms with E-state index in [0.29, 0.717) is 6.54 Å². The van der Waals surface area contributed by atoms with E-state index in [2.05, 4.69) is 20.7 Å². The maximum absolute atomic E-state index is 12.8. The first kappa shape index (κ1) is 23.1. The highest BCUT2D eigenvalue weighted by Gasteiger charge is 2.31. The Morgan fingerprint density at radius 2 is 2.07 bits per heavy atom. The molecule has 0 saturated heterocycles. The summed E-state index contributed by atoms with van der Waals surface area (Å²) in [5.41, 5.74) is 1.98. The number of nitrogens with zero attached hydrogens (tertiary/aromatic N) is 1. The van der Waals surface area contributed by atoms with Crippen LogP contribution >= 0.6 is 27.5 Å². The molecule has 3 rings (SSSR count). The lowest BCUT2D eigenvalue weighted by Gasteiger charge is -2.23. The van der Waals surface area contributed by atoms with Crippen LogP contribution < -0.4 is 14.4 Å². The lowest BCUT2D eigenvalue weighted by molar-refractivity contribution is -0.120. The van der Waals surface area contributed by atoms with Crippen molar-refractivity contribution >= 4 is 49.1 Å². The lowest BCUT2D eigenvalue weighted by Crippen LogP contribution is -2.39. The summed E-state index contributed by atoms with van der Waals surface area (Å²) in [6, 6.07) is 10.1. The van der Waals surface area contributed by atoms with Gasteiger partial charge in [-0.3, -0.25) is 4.79 Å². The molecule has 9 heteroatoms. The van der Waals surface area contributed by atoms with Crippen LogP contribution in [0.3, 0.4) is 0 Å². The van der Waals surface area contributed by atoms with E-state index in [4.69, 9.17) is 16.3 Å². The number of carbonyl (C=O) groups is 1. The monoisotopic (exact) mass is 514 g/mol. The third kappa shape index (κ3) is 5.17. The fourth-order valence-electron chi connectivity index (χ4n) is 3.42. The maximum Gasteiger partial charge on any atom is 0.265 e. The molecule has 162 valence electrons. The van der Waals surface area contributed by atoms with E-state index < -0.39 is 10.0 Å². The number of unbranched alkanes of at least 4 members (excludes halogenated alkanes) is 1. The summed E-state index contributed by atoms with van der Waals surface area (Å²) < 4.78 is 33.8. The zero-order valence-electron chi connectivity index (χ0n) is 16.8. The van der Waals surface area contributed by atoms with Gasteiger partial charge < -0.3 is 9.64 Å². The lowest BCUT2D eigenvalue weighted by atomic mass is 10.1. The number of benzene rings is 2. The fourth-order valence-corrected chi connectivity index (χ4v) is 5.23. The number of sulfonamides is 1. The van der Waals surface area contributed by atoms with E-state index >= 15 is 0 Å². The molecule has 0 radical (unpaired) electrons. The standard InChI is InChI=1S/C21H24BrClN2O4S/c1-3-4-9-24-30(27,28)17-6-8-20(18(23)12-17)29-13-21(26)25-14(2)10-15-11-16(22)5-7-19(15)25/h5-8,11-12,14,24H,3-4,9-10,13H2,1-2H3/t14-/m1/s1. The van der Waals surface area contributed by atoms with Gasteiger partial charge in [0.2, 0.25) is 10.0 Å². The first-order chi connectivity index (χ1) is 14.2. The number of nitrogens with one attached hydrogen (secondary N) is 1. The van der Waals surface area contributed by atoms with Crippen LogP contribution in [0, 0.1) is 0 Å². The summed E-state index contributed by atoms with van der Waals surface area (Å²) in [6.07, 6.45) is 2.42. The normalized spacial score (nSPS) is 15.9. The van der Waals surface area contributed by atoms with Gasteiger partial charge in [0.05, 0.1) is 9.92 Å². The highest BCUT2D eigenvalue weighted by molar-refractivity contribution is 9.10. The van der Waals surface area contributed by atoms with E-state index in [1.807, 2.05) is 32.0 Å². The number of anilines is 1. The molecule has 0 fully saturated rings. The molecule has 2 aromatic rings. The molecule has 0 aromatic heterocycles. The van der Waals surface area contributed by atoms with E-state index in [1.165, 1.54) is 18.2 Å². The highest BCUT2D eigenvalue weighted by Crippen LogP contribution is 2.34. The molecule has 1 heterocycles. The predicted octanol–water partition coefficient (Wildman–Crippen LogP) is 4.54. The van der Waals surface area contributed by atoms with Gasteiger partial charge in [-0.15, -0.1) is 0 Å². The molecule has 0 saturated carbocycles. The van der Waals surface area contributed by atoms with Crippen LogP contribution in [-0.2, 0) is 21.2 Å². The minimum Gasteiger partial charge on any atom is -0.482 e. The average molecular weight is 516 g/mol. The zero-order valence-corrected chi connectivity index (χ0v) is 20.0. The van der Waals surface area contributed by atoms with Gasteiger partial charge in [-0.1, -0.05) is 40.9 Å². The van der Waals surface area contributed by atoms with Crippen LogP contribution in [0.4, 0.5) is 5.69 Å². The molecular weight excluding hydrogens is 492 g/mol. The summed E-state index contributed by atoms with van der Waals surface area (Å²) in [4.78, 5) is 14.6. The molecular formula is C21H24BrClN2O4S. The van der Waals surface area contributed by atoms with Crippen molar-refractivity contribution in [3.63, 3.8) is 0 Å². The Hall–Kier alpha value is -1.61. The van der Waals surface area contributed by atoms with Gasteiger partial charge in [0.25, 0.3) is 5.91 Å². The number of ether oxygens (including phenoxy) is 1. The van der Waals surface area contributed by atoms with Gasteiger partial charge in [0.1, 0.15) is 5.75 Å². The van der Waals surface area contributed by atoms with Crippen molar-refractivity contribution in [1.29, 1.82) is 0 Å². The third-order valence-corrected chi connectivity index (χ3v) is 7.16. The number of hydrogen-bond acceptors (Lipinski definition) is 4. The quantitative estimate of drug-likeness (QED) is 0.524. The summed E-state index contributed by atoms with van der Waals surface area (Å²) in [6.45, 7) is 4.15. The van der Waals surface area contributed by atoms with Crippen LogP contribution in [-0.4, -0.2) is 33.5 Å². The number of amides is 1. The van der Waals surface area contributed by atoms with Crippen LogP contribution in [0.2, 0.25) is 5.02 Å². The number of fused-ring (bicyclic) bond motifs is 1. The van der Waals surface area contributed by atoms with Gasteiger partial charge >= 0.3 is 0 Å². The third-order valence-electron chi connectivity index (χ3n) is 4.91. The summed E-state index contributed by atoms with van der Waals surface area (Å²) >= 11 is 9.68. The van der Waals surface area contributed by atoms with Crippen molar-refractivity contribution in [2.24, 2.45) is 0 Å². The molecule has 1 N–H and O–H groups in total. The Morgan fingerprint density at radius 3 is 2.77 bits per heavy atom. The Labute approximate surface area is 190 Å². The minimum absolute atomic E-state index is 0.0302. The topological polar surface area (TPSA) is 75.7 Å². The molecule has 1 amide bonds. The van der Waals surface area contributed by atoms with Crippen LogP contribution in [0.25, 0.3) is 0 Å². The van der Waals surface area contributed by atoms with Crippen LogP contribution in [0.1, 0.15) is 32.3 Å². The second-order valence-corrected chi connectivity index (χ2v) is 10.3. The molecule has 1 atom stereocenters. The number of carbonyl (C=O) groups excluding carboxylic acids is 1. The molecule has 0 bridgehead atoms. The predicted molar refractivity (Wildman–Crippen MR) is 122 cm³/mol. The Balaban J connectivity index is 1.67. The molecule has 0 spiro atoms. The fraction of sp³-hybridized carbons (Fsp3) is 0.381. The highest BCUT2D eigenvalue weighted by atomic mass is 79.9. The second-order valence-electron chi connectivity index (χ2n) is 7.22. The van der Waals surface area contributed by atoms with Gasteiger partial charge in [-0.2, -0.15) is 0 Å². The summed E-state index contributed by atoms with van der Waals surface area (Å²) in [7, 11) is -3.63. The van der Waals surface area contributed by atoms with E-state index in [9.17, 15) is 13.2 Å². The Morgan fingerprint density at radius 1 is 1.30 bits per heavy atom. The van der Waals surface area contributed by atoms with E-state index in [1.54, 1.807) is 4.90 Å². The van der Waals surface area contributed by atoms with Crippen molar-refractivity contribution in [2.45, 2.75) is 44.0 Å². The van der Waals surface area contributed by atoms with Crippen molar-refractivity contribution in [3.05, 3.63) is 51.5 Å². The Bertz CT molecular complexity index is 1050. The van der Waals surface area contributed by atoms with Crippen molar-refractivity contribution in [2.75, 3.05) is 18.1 Å². The molecule has 0 aliphatic carbocycles. The molecule has 6 nitrogen and oxygen atoms in total. The largest absolute Gasteiger partial charge is 0.482 e. The Kier molecular flexibility index (Phi) is 7.44. The molecule has 1 aliphatic heterocycles. The molecule has 1 aliphatic rings. The van der Waals surface area contributed by atoms with Crippen molar-refractivity contribution in [3.8, 4) is 5.75 Å². The minimum atomic E-state index is -3.63. The summed E-state index contributed by atoms with van der Waals surface area (Å²) in [5, 5.41) is 0.139. The van der Waals surface area contributed by atoms with Crippen LogP contribution in [0.15, 0.2) is 45.8 Å². The first-order valence-corrected chi connectivity index (χ1v) is 12.4. The zero-order chi connectivity index (χ0) is 21.9. The van der Waals surface area contributed by atoms with Gasteiger partial charge in [0, 0.05) is 22.7 Å².